The van der Waals surface area contributed by atoms with Crippen LogP contribution >= 0.6 is 0 Å². The molecule has 1 fully saturated rings. The molecule has 0 bridgehead atoms. The van der Waals surface area contributed by atoms with Crippen LogP contribution in [0.15, 0.2) is 10.6 Å². The van der Waals surface area contributed by atoms with Crippen LogP contribution in [0.5, 0.6) is 0 Å². The molecule has 0 amide bonds. The summed E-state index contributed by atoms with van der Waals surface area (Å²) in [5.74, 6) is 1.01. The summed E-state index contributed by atoms with van der Waals surface area (Å²) in [6, 6.07) is 3.29. The molecule has 0 aliphatic carbocycles. The molecule has 0 saturated carbocycles. The van der Waals surface area contributed by atoms with Crippen molar-refractivity contribution in [3.05, 3.63) is 17.5 Å². The van der Waals surface area contributed by atoms with Crippen LogP contribution in [0.1, 0.15) is 64.3 Å². The van der Waals surface area contributed by atoms with E-state index in [1.807, 2.05) is 0 Å². The Morgan fingerprint density at radius 3 is 3.00 bits per heavy atom. The Balaban J connectivity index is 1.90. The van der Waals surface area contributed by atoms with Crippen LogP contribution in [-0.2, 0) is 13.1 Å². The molecule has 0 spiro atoms. The molecule has 1 aromatic heterocycles. The maximum absolute atomic E-state index is 5.50. The van der Waals surface area contributed by atoms with E-state index in [9.17, 15) is 0 Å². The monoisotopic (exact) mass is 279 g/mol. The van der Waals surface area contributed by atoms with Crippen LogP contribution in [0.25, 0.3) is 0 Å². The fraction of sp³-hybridized carbons (Fsp3) is 0.812. The lowest BCUT2D eigenvalue weighted by Gasteiger charge is -2.27. The molecule has 4 heteroatoms. The molecule has 1 aromatic rings. The minimum atomic E-state index is 0.477. The van der Waals surface area contributed by atoms with Gasteiger partial charge in [-0.2, -0.15) is 0 Å². The summed E-state index contributed by atoms with van der Waals surface area (Å²) >= 11 is 0. The zero-order chi connectivity index (χ0) is 14.4. The standard InChI is InChI=1S/C16H29N3O/c1-4-15-8-6-5-7-9-19(15)12-16-10-14(18-20-16)11-17-13(2)3/h10,13,15,17H,4-9,11-12H2,1-3H3. The van der Waals surface area contributed by atoms with Crippen molar-refractivity contribution >= 4 is 0 Å². The third-order valence-corrected chi connectivity index (χ3v) is 4.13. The van der Waals surface area contributed by atoms with Gasteiger partial charge in [0.05, 0.1) is 12.2 Å². The Morgan fingerprint density at radius 2 is 2.25 bits per heavy atom. The lowest BCUT2D eigenvalue weighted by Crippen LogP contribution is -2.33. The second-order valence-electron chi connectivity index (χ2n) is 6.20. The first-order chi connectivity index (χ1) is 9.69. The number of rotatable bonds is 6. The number of nitrogens with zero attached hydrogens (tertiary/aromatic N) is 2. The average Bonchev–Trinajstić information content (AvgIpc) is 2.75. The van der Waals surface area contributed by atoms with E-state index >= 15 is 0 Å². The summed E-state index contributed by atoms with van der Waals surface area (Å²) in [5, 5.41) is 7.54. The van der Waals surface area contributed by atoms with Gasteiger partial charge in [0, 0.05) is 24.7 Å². The van der Waals surface area contributed by atoms with E-state index in [4.69, 9.17) is 4.52 Å². The largest absolute Gasteiger partial charge is 0.360 e. The highest BCUT2D eigenvalue weighted by atomic mass is 16.5. The highest BCUT2D eigenvalue weighted by Gasteiger charge is 2.20. The highest BCUT2D eigenvalue weighted by Crippen LogP contribution is 2.21. The molecular formula is C16H29N3O. The Labute approximate surface area is 122 Å². The lowest BCUT2D eigenvalue weighted by molar-refractivity contribution is 0.166. The van der Waals surface area contributed by atoms with Crippen molar-refractivity contribution < 1.29 is 4.52 Å². The quantitative estimate of drug-likeness (QED) is 0.867. The van der Waals surface area contributed by atoms with Gasteiger partial charge in [0.15, 0.2) is 5.76 Å². The zero-order valence-electron chi connectivity index (χ0n) is 13.2. The van der Waals surface area contributed by atoms with Crippen molar-refractivity contribution in [3.8, 4) is 0 Å². The van der Waals surface area contributed by atoms with Gasteiger partial charge in [-0.3, -0.25) is 4.90 Å². The molecule has 114 valence electrons. The Morgan fingerprint density at radius 1 is 1.40 bits per heavy atom. The van der Waals surface area contributed by atoms with Crippen LogP contribution in [0.2, 0.25) is 0 Å². The highest BCUT2D eigenvalue weighted by molar-refractivity contribution is 5.05. The molecule has 0 radical (unpaired) electrons. The van der Waals surface area contributed by atoms with Gasteiger partial charge in [-0.25, -0.2) is 0 Å². The van der Waals surface area contributed by atoms with E-state index in [0.29, 0.717) is 12.1 Å². The maximum Gasteiger partial charge on any atom is 0.151 e. The molecule has 1 N–H and O–H groups in total. The van der Waals surface area contributed by atoms with Gasteiger partial charge >= 0.3 is 0 Å². The summed E-state index contributed by atoms with van der Waals surface area (Å²) in [5.41, 5.74) is 1.01. The summed E-state index contributed by atoms with van der Waals surface area (Å²) in [6.45, 7) is 9.47. The number of hydrogen-bond donors (Lipinski definition) is 1. The Bertz CT molecular complexity index is 389. The zero-order valence-corrected chi connectivity index (χ0v) is 13.2. The first kappa shape index (κ1) is 15.5. The van der Waals surface area contributed by atoms with Crippen molar-refractivity contribution in [3.63, 3.8) is 0 Å². The minimum absolute atomic E-state index is 0.477. The summed E-state index contributed by atoms with van der Waals surface area (Å²) in [7, 11) is 0. The summed E-state index contributed by atoms with van der Waals surface area (Å²) < 4.78 is 5.50. The fourth-order valence-electron chi connectivity index (χ4n) is 2.93. The Kier molecular flexibility index (Phi) is 6.05. The normalized spacial score (nSPS) is 21.3. The van der Waals surface area contributed by atoms with E-state index in [-0.39, 0.29) is 0 Å². The average molecular weight is 279 g/mol. The molecule has 0 aromatic carbocycles. The number of likely N-dealkylation sites (tertiary alicyclic amines) is 1. The van der Waals surface area contributed by atoms with E-state index < -0.39 is 0 Å². The van der Waals surface area contributed by atoms with Gasteiger partial charge in [-0.1, -0.05) is 38.8 Å². The second kappa shape index (κ2) is 7.79. The predicted octanol–water partition coefficient (Wildman–Crippen LogP) is 3.33. The van der Waals surface area contributed by atoms with E-state index in [0.717, 1.165) is 24.5 Å². The molecule has 1 atom stereocenters. The van der Waals surface area contributed by atoms with Crippen LogP contribution in [0, 0.1) is 0 Å². The molecule has 4 nitrogen and oxygen atoms in total. The SMILES string of the molecule is CCC1CCCCCN1Cc1cc(CNC(C)C)no1. The van der Waals surface area contributed by atoms with Crippen LogP contribution < -0.4 is 5.32 Å². The van der Waals surface area contributed by atoms with Crippen molar-refractivity contribution in [1.82, 2.24) is 15.4 Å². The number of aromatic nitrogens is 1. The predicted molar refractivity (Wildman–Crippen MR) is 81.4 cm³/mol. The van der Waals surface area contributed by atoms with Crippen LogP contribution in [-0.4, -0.2) is 28.7 Å². The van der Waals surface area contributed by atoms with Crippen LogP contribution in [0.3, 0.4) is 0 Å². The first-order valence-corrected chi connectivity index (χ1v) is 8.11. The molecule has 1 saturated heterocycles. The van der Waals surface area contributed by atoms with Crippen molar-refractivity contribution in [1.29, 1.82) is 0 Å². The molecule has 1 unspecified atom stereocenters. The maximum atomic E-state index is 5.50. The van der Waals surface area contributed by atoms with Gasteiger partial charge < -0.3 is 9.84 Å². The smallest absolute Gasteiger partial charge is 0.151 e. The summed E-state index contributed by atoms with van der Waals surface area (Å²) in [4.78, 5) is 2.58. The van der Waals surface area contributed by atoms with Gasteiger partial charge in [0.25, 0.3) is 0 Å². The minimum Gasteiger partial charge on any atom is -0.360 e. The van der Waals surface area contributed by atoms with Gasteiger partial charge in [0.1, 0.15) is 0 Å². The van der Waals surface area contributed by atoms with Gasteiger partial charge in [-0.15, -0.1) is 0 Å². The van der Waals surface area contributed by atoms with Crippen molar-refractivity contribution in [2.24, 2.45) is 0 Å². The molecule has 2 heterocycles. The fourth-order valence-corrected chi connectivity index (χ4v) is 2.93. The molecule has 2 rings (SSSR count). The molecule has 1 aliphatic rings. The van der Waals surface area contributed by atoms with E-state index in [1.165, 1.54) is 38.6 Å². The van der Waals surface area contributed by atoms with Gasteiger partial charge in [-0.05, 0) is 25.8 Å². The van der Waals surface area contributed by atoms with Gasteiger partial charge in [0.2, 0.25) is 0 Å². The lowest BCUT2D eigenvalue weighted by atomic mass is 10.1. The molecule has 1 aliphatic heterocycles. The van der Waals surface area contributed by atoms with Crippen LogP contribution in [0.4, 0.5) is 0 Å². The third-order valence-electron chi connectivity index (χ3n) is 4.13. The van der Waals surface area contributed by atoms with E-state index in [1.54, 1.807) is 0 Å². The van der Waals surface area contributed by atoms with Crippen molar-refractivity contribution in [2.45, 2.75) is 78.0 Å². The van der Waals surface area contributed by atoms with Crippen molar-refractivity contribution in [2.75, 3.05) is 6.54 Å². The summed E-state index contributed by atoms with van der Waals surface area (Å²) in [6.07, 6.45) is 6.61. The third kappa shape index (κ3) is 4.60. The number of hydrogen-bond acceptors (Lipinski definition) is 4. The molecular weight excluding hydrogens is 250 g/mol. The second-order valence-corrected chi connectivity index (χ2v) is 6.20. The first-order valence-electron chi connectivity index (χ1n) is 8.11. The topological polar surface area (TPSA) is 41.3 Å². The van der Waals surface area contributed by atoms with E-state index in [2.05, 4.69) is 42.2 Å². The number of nitrogens with one attached hydrogen (secondary N) is 1. The molecule has 20 heavy (non-hydrogen) atoms. The Hall–Kier alpha value is -0.870.